The van der Waals surface area contributed by atoms with Gasteiger partial charge in [0.15, 0.2) is 5.69 Å². The summed E-state index contributed by atoms with van der Waals surface area (Å²) in [6.07, 6.45) is 1.30. The molecule has 0 bridgehead atoms. The van der Waals surface area contributed by atoms with Crippen molar-refractivity contribution in [2.75, 3.05) is 0 Å². The Kier molecular flexibility index (Phi) is 3.77. The fraction of sp³-hybridized carbons (Fsp3) is 0.222. The van der Waals surface area contributed by atoms with Gasteiger partial charge in [0.25, 0.3) is 0 Å². The summed E-state index contributed by atoms with van der Waals surface area (Å²) >= 11 is 0. The maximum atomic E-state index is 11.8. The largest absolute Gasteiger partial charge is 0.368 e. The van der Waals surface area contributed by atoms with Crippen LogP contribution in [0.4, 0.5) is 0 Å². The quantitative estimate of drug-likeness (QED) is 0.720. The molecule has 90 valence electrons. The summed E-state index contributed by atoms with van der Waals surface area (Å²) < 4.78 is 25.7. The molecule has 1 heterocycles. The molecule has 0 aliphatic heterocycles. The highest BCUT2D eigenvalue weighted by molar-refractivity contribution is 7.89. The van der Waals surface area contributed by atoms with Gasteiger partial charge in [0.1, 0.15) is 11.0 Å². The van der Waals surface area contributed by atoms with Crippen molar-refractivity contribution >= 4 is 15.9 Å². The van der Waals surface area contributed by atoms with Crippen molar-refractivity contribution in [3.05, 3.63) is 24.0 Å². The monoisotopic (exact) mass is 254 g/mol. The molecule has 17 heavy (non-hydrogen) atoms. The van der Waals surface area contributed by atoms with E-state index < -0.39 is 22.0 Å². The van der Waals surface area contributed by atoms with Gasteiger partial charge in [-0.3, -0.25) is 4.79 Å². The molecule has 1 aromatic rings. The van der Waals surface area contributed by atoms with Gasteiger partial charge in [-0.1, -0.05) is 0 Å². The highest BCUT2D eigenvalue weighted by Gasteiger charge is 2.23. The molecular weight excluding hydrogens is 244 g/mol. The van der Waals surface area contributed by atoms with E-state index in [4.69, 9.17) is 11.0 Å². The van der Waals surface area contributed by atoms with Crippen LogP contribution in [0.1, 0.15) is 12.6 Å². The van der Waals surface area contributed by atoms with Crippen LogP contribution in [-0.2, 0) is 14.8 Å². The van der Waals surface area contributed by atoms with Crippen LogP contribution in [0.15, 0.2) is 23.2 Å². The number of pyridine rings is 1. The fourth-order valence-electron chi connectivity index (χ4n) is 1.05. The lowest BCUT2D eigenvalue weighted by molar-refractivity contribution is -0.119. The van der Waals surface area contributed by atoms with Gasteiger partial charge in [0, 0.05) is 6.20 Å². The Hall–Kier alpha value is -1.98. The first-order valence-corrected chi connectivity index (χ1v) is 6.03. The molecule has 0 spiro atoms. The molecule has 0 saturated carbocycles. The molecular formula is C9H10N4O3S. The Morgan fingerprint density at radius 2 is 2.29 bits per heavy atom. The number of nitrogens with two attached hydrogens (primary N) is 1. The minimum absolute atomic E-state index is 0.239. The van der Waals surface area contributed by atoms with Gasteiger partial charge in [-0.2, -0.15) is 9.98 Å². The molecule has 1 atom stereocenters. The highest BCUT2D eigenvalue weighted by atomic mass is 32.2. The Morgan fingerprint density at radius 3 is 2.82 bits per heavy atom. The average molecular weight is 254 g/mol. The molecule has 0 aliphatic carbocycles. The Balaban J connectivity index is 3.15. The number of hydrogen-bond acceptors (Lipinski definition) is 5. The molecule has 8 heteroatoms. The maximum Gasteiger partial charge on any atom is 0.244 e. The average Bonchev–Trinajstić information content (AvgIpc) is 2.28. The minimum Gasteiger partial charge on any atom is -0.368 e. The van der Waals surface area contributed by atoms with E-state index in [0.29, 0.717) is 0 Å². The van der Waals surface area contributed by atoms with Crippen molar-refractivity contribution in [2.45, 2.75) is 17.9 Å². The second-order valence-corrected chi connectivity index (χ2v) is 4.89. The molecule has 3 N–H and O–H groups in total. The van der Waals surface area contributed by atoms with Gasteiger partial charge in [-0.05, 0) is 19.1 Å². The number of nitrogens with one attached hydrogen (secondary N) is 1. The third kappa shape index (κ3) is 2.99. The molecule has 7 nitrogen and oxygen atoms in total. The number of nitrogens with zero attached hydrogens (tertiary/aromatic N) is 2. The van der Waals surface area contributed by atoms with E-state index >= 15 is 0 Å². The summed E-state index contributed by atoms with van der Waals surface area (Å²) in [7, 11) is -3.98. The number of aromatic nitrogens is 1. The number of sulfonamides is 1. The normalized spacial score (nSPS) is 12.7. The summed E-state index contributed by atoms with van der Waals surface area (Å²) in [5, 5.41) is 8.73. The summed E-state index contributed by atoms with van der Waals surface area (Å²) in [6, 6.07) is 3.20. The van der Waals surface area contributed by atoms with Gasteiger partial charge in [-0.15, -0.1) is 0 Å². The fourth-order valence-corrected chi connectivity index (χ4v) is 2.36. The zero-order valence-corrected chi connectivity index (χ0v) is 9.73. The number of nitriles is 1. The number of amides is 1. The number of rotatable bonds is 4. The van der Waals surface area contributed by atoms with E-state index in [1.54, 1.807) is 6.07 Å². The third-order valence-corrected chi connectivity index (χ3v) is 3.50. The summed E-state index contributed by atoms with van der Waals surface area (Å²) in [5.74, 6) is -0.809. The molecule has 1 amide bonds. The smallest absolute Gasteiger partial charge is 0.244 e. The number of hydrogen-bond donors (Lipinski definition) is 2. The SMILES string of the molecule is CC(NS(=O)(=O)c1cccnc1C#N)C(N)=O. The summed E-state index contributed by atoms with van der Waals surface area (Å²) in [5.41, 5.74) is 4.71. The second kappa shape index (κ2) is 4.90. The zero-order valence-electron chi connectivity index (χ0n) is 8.91. The standard InChI is InChI=1S/C9H10N4O3S/c1-6(9(11)14)13-17(15,16)8-3-2-4-12-7(8)5-10/h2-4,6,13H,1H3,(H2,11,14). The molecule has 0 radical (unpaired) electrons. The van der Waals surface area contributed by atoms with Gasteiger partial charge in [-0.25, -0.2) is 13.4 Å². The van der Waals surface area contributed by atoms with Crippen molar-refractivity contribution < 1.29 is 13.2 Å². The predicted molar refractivity (Wildman–Crippen MR) is 57.9 cm³/mol. The van der Waals surface area contributed by atoms with Crippen molar-refractivity contribution in [3.63, 3.8) is 0 Å². The third-order valence-electron chi connectivity index (χ3n) is 1.92. The van der Waals surface area contributed by atoms with Crippen LogP contribution in [-0.4, -0.2) is 25.4 Å². The van der Waals surface area contributed by atoms with Crippen molar-refractivity contribution in [2.24, 2.45) is 5.73 Å². The lowest BCUT2D eigenvalue weighted by atomic mass is 10.4. The van der Waals surface area contributed by atoms with Gasteiger partial charge < -0.3 is 5.73 Å². The zero-order chi connectivity index (χ0) is 13.1. The summed E-state index contributed by atoms with van der Waals surface area (Å²) in [4.78, 5) is 14.1. The molecule has 0 aromatic carbocycles. The topological polar surface area (TPSA) is 126 Å². The Morgan fingerprint density at radius 1 is 1.65 bits per heavy atom. The van der Waals surface area contributed by atoms with E-state index in [0.717, 1.165) is 0 Å². The number of carbonyl (C=O) groups excluding carboxylic acids is 1. The first-order valence-electron chi connectivity index (χ1n) is 4.55. The Labute approximate surface area is 98.3 Å². The second-order valence-electron chi connectivity index (χ2n) is 3.21. The van der Waals surface area contributed by atoms with Crippen molar-refractivity contribution in [1.82, 2.24) is 9.71 Å². The highest BCUT2D eigenvalue weighted by Crippen LogP contribution is 2.12. The van der Waals surface area contributed by atoms with Gasteiger partial charge >= 0.3 is 0 Å². The van der Waals surface area contributed by atoms with Crippen LogP contribution < -0.4 is 10.5 Å². The van der Waals surface area contributed by atoms with Crippen molar-refractivity contribution in [3.8, 4) is 6.07 Å². The summed E-state index contributed by atoms with van der Waals surface area (Å²) in [6.45, 7) is 1.31. The molecule has 1 rings (SSSR count). The van der Waals surface area contributed by atoms with E-state index in [9.17, 15) is 13.2 Å². The molecule has 0 fully saturated rings. The van der Waals surface area contributed by atoms with Crippen LogP contribution >= 0.6 is 0 Å². The number of primary amides is 1. The first-order chi connectivity index (χ1) is 7.88. The maximum absolute atomic E-state index is 11.8. The van der Waals surface area contributed by atoms with Crippen LogP contribution in [0.3, 0.4) is 0 Å². The van der Waals surface area contributed by atoms with Crippen LogP contribution in [0.5, 0.6) is 0 Å². The first kappa shape index (κ1) is 13.1. The van der Waals surface area contributed by atoms with E-state index in [-0.39, 0.29) is 10.6 Å². The lowest BCUT2D eigenvalue weighted by Gasteiger charge is -2.11. The van der Waals surface area contributed by atoms with Gasteiger partial charge in [0.05, 0.1) is 6.04 Å². The lowest BCUT2D eigenvalue weighted by Crippen LogP contribution is -2.42. The van der Waals surface area contributed by atoms with Crippen LogP contribution in [0.2, 0.25) is 0 Å². The Bertz CT molecular complexity index is 576. The van der Waals surface area contributed by atoms with Gasteiger partial charge in [0.2, 0.25) is 15.9 Å². The molecule has 1 aromatic heterocycles. The molecule has 1 unspecified atom stereocenters. The van der Waals surface area contributed by atoms with Crippen LogP contribution in [0.25, 0.3) is 0 Å². The molecule has 0 saturated heterocycles. The minimum atomic E-state index is -3.98. The van der Waals surface area contributed by atoms with E-state index in [2.05, 4.69) is 9.71 Å². The predicted octanol–water partition coefficient (Wildman–Crippen LogP) is -0.895. The van der Waals surface area contributed by atoms with Crippen molar-refractivity contribution in [1.29, 1.82) is 5.26 Å². The van der Waals surface area contributed by atoms with E-state index in [1.165, 1.54) is 25.3 Å². The molecule has 0 aliphatic rings. The van der Waals surface area contributed by atoms with E-state index in [1.807, 2.05) is 0 Å². The number of carbonyl (C=O) groups is 1. The van der Waals surface area contributed by atoms with Crippen LogP contribution in [0, 0.1) is 11.3 Å².